The van der Waals surface area contributed by atoms with Gasteiger partial charge in [-0.05, 0) is 24.3 Å². The van der Waals surface area contributed by atoms with Gasteiger partial charge in [0.25, 0.3) is 5.91 Å². The number of aryl methyl sites for hydroxylation is 1. The van der Waals surface area contributed by atoms with Crippen molar-refractivity contribution in [2.45, 2.75) is 19.9 Å². The molecule has 0 aliphatic carbocycles. The summed E-state index contributed by atoms with van der Waals surface area (Å²) >= 11 is 0. The first kappa shape index (κ1) is 17.3. The van der Waals surface area contributed by atoms with Crippen LogP contribution in [0, 0.1) is 17.2 Å². The Hall–Kier alpha value is -3.53. The molecule has 1 aromatic carbocycles. The Bertz CT molecular complexity index is 988. The van der Waals surface area contributed by atoms with E-state index >= 15 is 0 Å². The molecule has 0 spiro atoms. The van der Waals surface area contributed by atoms with Crippen molar-refractivity contribution in [2.75, 3.05) is 5.32 Å². The van der Waals surface area contributed by atoms with E-state index in [-0.39, 0.29) is 6.54 Å². The van der Waals surface area contributed by atoms with E-state index in [9.17, 15) is 14.9 Å². The third kappa shape index (κ3) is 3.44. The number of ketones is 1. The minimum atomic E-state index is -1.41. The van der Waals surface area contributed by atoms with Crippen LogP contribution < -0.4 is 5.32 Å². The number of carbonyl (C=O) groups is 2. The van der Waals surface area contributed by atoms with E-state index in [1.807, 2.05) is 31.2 Å². The fourth-order valence-corrected chi connectivity index (χ4v) is 2.73. The molecule has 0 bridgehead atoms. The van der Waals surface area contributed by atoms with Gasteiger partial charge in [0.2, 0.25) is 0 Å². The first-order valence-corrected chi connectivity index (χ1v) is 8.22. The number of hydrogen-bond donors (Lipinski definition) is 1. The summed E-state index contributed by atoms with van der Waals surface area (Å²) in [6, 6.07) is 14.3. The molecule has 1 unspecified atom stereocenters. The molecule has 1 N–H and O–H groups in total. The molecule has 0 radical (unpaired) electrons. The highest BCUT2D eigenvalue weighted by Crippen LogP contribution is 2.17. The summed E-state index contributed by atoms with van der Waals surface area (Å²) in [7, 11) is 0. The Labute approximate surface area is 150 Å². The molecule has 26 heavy (non-hydrogen) atoms. The van der Waals surface area contributed by atoms with E-state index in [2.05, 4.69) is 15.3 Å². The highest BCUT2D eigenvalue weighted by atomic mass is 16.2. The standard InChI is InChI=1S/C19H17N5O2/c1-2-18-22-14-7-3-4-8-15(14)24(18)12-16(25)13(11-20)19(26)23-17-9-5-6-10-21-17/h3-10,13H,2,12H2,1H3,(H,21,23,26). The van der Waals surface area contributed by atoms with Crippen LogP contribution in [0.15, 0.2) is 48.7 Å². The lowest BCUT2D eigenvalue weighted by atomic mass is 10.0. The zero-order chi connectivity index (χ0) is 18.5. The van der Waals surface area contributed by atoms with Crippen molar-refractivity contribution in [3.05, 3.63) is 54.5 Å². The third-order valence-corrected chi connectivity index (χ3v) is 3.99. The van der Waals surface area contributed by atoms with Gasteiger partial charge in [-0.2, -0.15) is 5.26 Å². The van der Waals surface area contributed by atoms with Gasteiger partial charge in [0, 0.05) is 12.6 Å². The fraction of sp³-hybridized carbons (Fsp3) is 0.211. The van der Waals surface area contributed by atoms with E-state index in [1.54, 1.807) is 28.8 Å². The molecule has 2 aromatic heterocycles. The second kappa shape index (κ2) is 7.57. The summed E-state index contributed by atoms with van der Waals surface area (Å²) in [5.74, 6) is -1.55. The van der Waals surface area contributed by atoms with Gasteiger partial charge in [-0.15, -0.1) is 0 Å². The molecule has 2 heterocycles. The Kier molecular flexibility index (Phi) is 5.04. The van der Waals surface area contributed by atoms with E-state index in [1.165, 1.54) is 6.20 Å². The first-order chi connectivity index (χ1) is 12.6. The summed E-state index contributed by atoms with van der Waals surface area (Å²) in [6.07, 6.45) is 2.16. The number of carbonyl (C=O) groups excluding carboxylic acids is 2. The summed E-state index contributed by atoms with van der Waals surface area (Å²) in [4.78, 5) is 33.4. The van der Waals surface area contributed by atoms with Gasteiger partial charge >= 0.3 is 0 Å². The predicted molar refractivity (Wildman–Crippen MR) is 96.1 cm³/mol. The van der Waals surface area contributed by atoms with Crippen molar-refractivity contribution in [2.24, 2.45) is 5.92 Å². The number of pyridine rings is 1. The number of hydrogen-bond acceptors (Lipinski definition) is 5. The van der Waals surface area contributed by atoms with E-state index < -0.39 is 17.6 Å². The van der Waals surface area contributed by atoms with E-state index in [4.69, 9.17) is 0 Å². The SMILES string of the molecule is CCc1nc2ccccc2n1CC(=O)C(C#N)C(=O)Nc1ccccn1. The summed E-state index contributed by atoms with van der Waals surface area (Å²) in [5, 5.41) is 11.8. The van der Waals surface area contributed by atoms with Crippen LogP contribution in [0.25, 0.3) is 11.0 Å². The number of rotatable bonds is 6. The lowest BCUT2D eigenvalue weighted by Gasteiger charge is -2.11. The van der Waals surface area contributed by atoms with Gasteiger partial charge in [-0.25, -0.2) is 9.97 Å². The van der Waals surface area contributed by atoms with Gasteiger partial charge in [-0.1, -0.05) is 25.1 Å². The molecule has 3 aromatic rings. The number of nitrogens with zero attached hydrogens (tertiary/aromatic N) is 4. The Morgan fingerprint density at radius 2 is 2.00 bits per heavy atom. The quantitative estimate of drug-likeness (QED) is 0.690. The summed E-state index contributed by atoms with van der Waals surface area (Å²) in [5.41, 5.74) is 1.59. The number of Topliss-reactive ketones (excluding diaryl/α,β-unsaturated/α-hetero) is 1. The number of nitriles is 1. The van der Waals surface area contributed by atoms with Gasteiger partial charge < -0.3 is 9.88 Å². The Balaban J connectivity index is 1.82. The third-order valence-electron chi connectivity index (χ3n) is 3.99. The van der Waals surface area contributed by atoms with Crippen LogP contribution in [0.3, 0.4) is 0 Å². The largest absolute Gasteiger partial charge is 0.320 e. The molecule has 7 nitrogen and oxygen atoms in total. The number of benzene rings is 1. The van der Waals surface area contributed by atoms with Crippen LogP contribution >= 0.6 is 0 Å². The Morgan fingerprint density at radius 1 is 1.23 bits per heavy atom. The summed E-state index contributed by atoms with van der Waals surface area (Å²) in [6.45, 7) is 1.86. The molecule has 7 heteroatoms. The number of nitrogens with one attached hydrogen (secondary N) is 1. The second-order valence-corrected chi connectivity index (χ2v) is 5.69. The minimum absolute atomic E-state index is 0.0858. The van der Waals surface area contributed by atoms with Crippen LogP contribution in [-0.2, 0) is 22.6 Å². The van der Waals surface area contributed by atoms with Gasteiger partial charge in [-0.3, -0.25) is 9.59 Å². The van der Waals surface area contributed by atoms with Crippen molar-refractivity contribution in [1.82, 2.24) is 14.5 Å². The zero-order valence-corrected chi connectivity index (χ0v) is 14.2. The molecule has 0 aliphatic rings. The number of imidazole rings is 1. The maximum Gasteiger partial charge on any atom is 0.250 e. The molecule has 0 aliphatic heterocycles. The lowest BCUT2D eigenvalue weighted by molar-refractivity contribution is -0.129. The van der Waals surface area contributed by atoms with Crippen LogP contribution in [0.4, 0.5) is 5.82 Å². The highest BCUT2D eigenvalue weighted by molar-refractivity contribution is 6.09. The number of aromatic nitrogens is 3. The minimum Gasteiger partial charge on any atom is -0.320 e. The molecule has 0 saturated carbocycles. The van der Waals surface area contributed by atoms with Gasteiger partial charge in [0.05, 0.1) is 23.6 Å². The molecule has 1 atom stereocenters. The maximum atomic E-state index is 12.6. The Morgan fingerprint density at radius 3 is 2.69 bits per heavy atom. The number of para-hydroxylation sites is 2. The number of fused-ring (bicyclic) bond motifs is 1. The first-order valence-electron chi connectivity index (χ1n) is 8.22. The van der Waals surface area contributed by atoms with Crippen molar-refractivity contribution in [3.63, 3.8) is 0 Å². The monoisotopic (exact) mass is 347 g/mol. The van der Waals surface area contributed by atoms with Gasteiger partial charge in [0.15, 0.2) is 11.7 Å². The average Bonchev–Trinajstić information content (AvgIpc) is 3.01. The summed E-state index contributed by atoms with van der Waals surface area (Å²) < 4.78 is 1.76. The van der Waals surface area contributed by atoms with Crippen molar-refractivity contribution in [1.29, 1.82) is 5.26 Å². The molecule has 1 amide bonds. The van der Waals surface area contributed by atoms with Crippen LogP contribution in [-0.4, -0.2) is 26.2 Å². The zero-order valence-electron chi connectivity index (χ0n) is 14.2. The molecule has 130 valence electrons. The van der Waals surface area contributed by atoms with Gasteiger partial charge in [0.1, 0.15) is 11.6 Å². The predicted octanol–water partition coefficient (Wildman–Crippen LogP) is 2.34. The molecular formula is C19H17N5O2. The normalized spacial score (nSPS) is 11.7. The molecule has 0 fully saturated rings. The molecular weight excluding hydrogens is 330 g/mol. The lowest BCUT2D eigenvalue weighted by Crippen LogP contribution is -2.31. The maximum absolute atomic E-state index is 12.6. The fourth-order valence-electron chi connectivity index (χ4n) is 2.73. The van der Waals surface area contributed by atoms with Crippen molar-refractivity contribution in [3.8, 4) is 6.07 Å². The average molecular weight is 347 g/mol. The smallest absolute Gasteiger partial charge is 0.250 e. The molecule has 3 rings (SSSR count). The topological polar surface area (TPSA) is 101 Å². The van der Waals surface area contributed by atoms with Crippen LogP contribution in [0.1, 0.15) is 12.7 Å². The van der Waals surface area contributed by atoms with E-state index in [0.29, 0.717) is 12.2 Å². The van der Waals surface area contributed by atoms with Crippen molar-refractivity contribution < 1.29 is 9.59 Å². The van der Waals surface area contributed by atoms with Crippen LogP contribution in [0.2, 0.25) is 0 Å². The van der Waals surface area contributed by atoms with E-state index in [0.717, 1.165) is 16.9 Å². The number of anilines is 1. The highest BCUT2D eigenvalue weighted by Gasteiger charge is 2.28. The molecule has 0 saturated heterocycles. The van der Waals surface area contributed by atoms with Crippen LogP contribution in [0.5, 0.6) is 0 Å². The second-order valence-electron chi connectivity index (χ2n) is 5.69. The number of amides is 1. The van der Waals surface area contributed by atoms with Crippen molar-refractivity contribution >= 4 is 28.5 Å².